The second-order valence-electron chi connectivity index (χ2n) is 3.60. The lowest BCUT2D eigenvalue weighted by atomic mass is 10.4. The van der Waals surface area contributed by atoms with Crippen LogP contribution in [0.2, 0.25) is 13.1 Å². The van der Waals surface area contributed by atoms with Gasteiger partial charge in [-0.3, -0.25) is 0 Å². The van der Waals surface area contributed by atoms with Crippen LogP contribution in [-0.2, 0) is 18.4 Å². The summed E-state index contributed by atoms with van der Waals surface area (Å²) in [5, 5.41) is 0. The number of carbonyl (C=O) groups is 1. The van der Waals surface area contributed by atoms with Crippen LogP contribution in [0.4, 0.5) is 0 Å². The van der Waals surface area contributed by atoms with E-state index in [9.17, 15) is 4.79 Å². The van der Waals surface area contributed by atoms with Crippen molar-refractivity contribution in [3.8, 4) is 0 Å². The van der Waals surface area contributed by atoms with Gasteiger partial charge in [-0.2, -0.15) is 0 Å². The topological polar surface area (TPSA) is 44.8 Å². The molecule has 0 rings (SSSR count). The van der Waals surface area contributed by atoms with Gasteiger partial charge in [0.15, 0.2) is 0 Å². The number of hydrogen-bond acceptors (Lipinski definition) is 4. The summed E-state index contributed by atoms with van der Waals surface area (Å²) >= 11 is 0. The van der Waals surface area contributed by atoms with Crippen LogP contribution in [0.1, 0.15) is 13.8 Å². The molecule has 0 N–H and O–H groups in total. The Bertz CT molecular complexity index is 225. The van der Waals surface area contributed by atoms with E-state index in [1.165, 1.54) is 0 Å². The van der Waals surface area contributed by atoms with Crippen LogP contribution >= 0.6 is 0 Å². The predicted molar refractivity (Wildman–Crippen MR) is 60.8 cm³/mol. The Kier molecular flexibility index (Phi) is 6.47. The molecule has 0 aromatic carbocycles. The van der Waals surface area contributed by atoms with Gasteiger partial charge in [0.05, 0.1) is 6.61 Å². The van der Waals surface area contributed by atoms with Crippen LogP contribution < -0.4 is 0 Å². The van der Waals surface area contributed by atoms with Gasteiger partial charge < -0.3 is 13.6 Å². The van der Waals surface area contributed by atoms with Gasteiger partial charge >= 0.3 is 14.5 Å². The molecule has 0 atom stereocenters. The molecule has 0 aliphatic rings. The van der Waals surface area contributed by atoms with Gasteiger partial charge in [-0.05, 0) is 26.9 Å². The molecular formula is C10H20O4Si. The fourth-order valence-electron chi connectivity index (χ4n) is 0.934. The molecule has 0 heterocycles. The van der Waals surface area contributed by atoms with Gasteiger partial charge in [-0.1, -0.05) is 6.58 Å². The number of rotatable bonds is 7. The van der Waals surface area contributed by atoms with E-state index < -0.39 is 8.56 Å². The summed E-state index contributed by atoms with van der Waals surface area (Å²) in [5.41, 5.74) is 0.399. The Hall–Kier alpha value is -0.653. The number of carbonyl (C=O) groups excluding carboxylic acids is 1. The molecular weight excluding hydrogens is 212 g/mol. The highest BCUT2D eigenvalue weighted by Crippen LogP contribution is 2.05. The van der Waals surface area contributed by atoms with Crippen LogP contribution in [0.25, 0.3) is 0 Å². The van der Waals surface area contributed by atoms with E-state index >= 15 is 0 Å². The van der Waals surface area contributed by atoms with Crippen molar-refractivity contribution in [2.45, 2.75) is 26.9 Å². The van der Waals surface area contributed by atoms with Crippen molar-refractivity contribution in [1.82, 2.24) is 0 Å². The van der Waals surface area contributed by atoms with Crippen LogP contribution in [-0.4, -0.2) is 34.4 Å². The fraction of sp³-hybridized carbons (Fsp3) is 0.700. The lowest BCUT2D eigenvalue weighted by Gasteiger charge is -2.21. The maximum atomic E-state index is 11.0. The molecule has 0 amide bonds. The largest absolute Gasteiger partial charge is 0.460 e. The standard InChI is InChI=1S/C10H20O4Si/c1-6-13-15(4,5)14-8-7-12-10(11)9(2)3/h2,6-8H2,1,3-5H3. The Labute approximate surface area is 92.5 Å². The molecule has 0 radical (unpaired) electrons. The molecule has 4 nitrogen and oxygen atoms in total. The molecule has 5 heteroatoms. The van der Waals surface area contributed by atoms with E-state index in [-0.39, 0.29) is 12.6 Å². The van der Waals surface area contributed by atoms with Gasteiger partial charge in [0.2, 0.25) is 0 Å². The average molecular weight is 232 g/mol. The maximum absolute atomic E-state index is 11.0. The number of ether oxygens (including phenoxy) is 1. The molecule has 0 unspecified atom stereocenters. The monoisotopic (exact) mass is 232 g/mol. The number of esters is 1. The smallest absolute Gasteiger partial charge is 0.333 e. The highest BCUT2D eigenvalue weighted by Gasteiger charge is 2.23. The predicted octanol–water partition coefficient (Wildman–Crippen LogP) is 1.86. The minimum absolute atomic E-state index is 0.245. The molecule has 0 saturated carbocycles. The van der Waals surface area contributed by atoms with E-state index in [1.54, 1.807) is 6.92 Å². The van der Waals surface area contributed by atoms with Crippen molar-refractivity contribution in [2.24, 2.45) is 0 Å². The van der Waals surface area contributed by atoms with Gasteiger partial charge in [0.1, 0.15) is 6.61 Å². The van der Waals surface area contributed by atoms with Crippen molar-refractivity contribution < 1.29 is 18.4 Å². The van der Waals surface area contributed by atoms with Crippen LogP contribution in [0.5, 0.6) is 0 Å². The summed E-state index contributed by atoms with van der Waals surface area (Å²) in [4.78, 5) is 11.0. The molecule has 0 aliphatic heterocycles. The summed E-state index contributed by atoms with van der Waals surface area (Å²) in [7, 11) is -2.02. The SMILES string of the molecule is C=C(C)C(=O)OCCO[Si](C)(C)OCC. The molecule has 0 aromatic heterocycles. The molecule has 0 fully saturated rings. The minimum Gasteiger partial charge on any atom is -0.460 e. The quantitative estimate of drug-likeness (QED) is 0.291. The first-order chi connectivity index (χ1) is 6.89. The van der Waals surface area contributed by atoms with Gasteiger partial charge in [-0.15, -0.1) is 0 Å². The van der Waals surface area contributed by atoms with Crippen molar-refractivity contribution in [1.29, 1.82) is 0 Å². The Morgan fingerprint density at radius 2 is 1.87 bits per heavy atom. The van der Waals surface area contributed by atoms with Crippen LogP contribution in [0.3, 0.4) is 0 Å². The van der Waals surface area contributed by atoms with Crippen molar-refractivity contribution in [2.75, 3.05) is 19.8 Å². The third-order valence-electron chi connectivity index (χ3n) is 1.61. The van der Waals surface area contributed by atoms with Crippen molar-refractivity contribution in [3.05, 3.63) is 12.2 Å². The first kappa shape index (κ1) is 14.3. The second-order valence-corrected chi connectivity index (χ2v) is 6.97. The molecule has 0 spiro atoms. The highest BCUT2D eigenvalue weighted by molar-refractivity contribution is 6.64. The lowest BCUT2D eigenvalue weighted by molar-refractivity contribution is -0.139. The van der Waals surface area contributed by atoms with E-state index in [2.05, 4.69) is 6.58 Å². The summed E-state index contributed by atoms with van der Waals surface area (Å²) < 4.78 is 15.8. The third kappa shape index (κ3) is 7.30. The summed E-state index contributed by atoms with van der Waals surface area (Å²) in [6.45, 7) is 12.2. The van der Waals surface area contributed by atoms with Crippen molar-refractivity contribution in [3.63, 3.8) is 0 Å². The van der Waals surface area contributed by atoms with E-state index in [4.69, 9.17) is 13.6 Å². The zero-order chi connectivity index (χ0) is 11.9. The van der Waals surface area contributed by atoms with Gasteiger partial charge in [0, 0.05) is 12.2 Å². The third-order valence-corrected chi connectivity index (χ3v) is 3.49. The molecule has 15 heavy (non-hydrogen) atoms. The molecule has 0 saturated heterocycles. The fourth-order valence-corrected chi connectivity index (χ4v) is 2.29. The summed E-state index contributed by atoms with van der Waals surface area (Å²) in [6.07, 6.45) is 0. The molecule has 0 bridgehead atoms. The van der Waals surface area contributed by atoms with Crippen molar-refractivity contribution >= 4 is 14.5 Å². The summed E-state index contributed by atoms with van der Waals surface area (Å²) in [6, 6.07) is 0. The normalized spacial score (nSPS) is 11.2. The average Bonchev–Trinajstić information content (AvgIpc) is 2.11. The van der Waals surface area contributed by atoms with Gasteiger partial charge in [0.25, 0.3) is 0 Å². The van der Waals surface area contributed by atoms with E-state index in [1.807, 2.05) is 20.0 Å². The minimum atomic E-state index is -2.02. The number of hydrogen-bond donors (Lipinski definition) is 0. The molecule has 0 aromatic rings. The zero-order valence-electron chi connectivity index (χ0n) is 9.96. The van der Waals surface area contributed by atoms with Crippen LogP contribution in [0.15, 0.2) is 12.2 Å². The highest BCUT2D eigenvalue weighted by atomic mass is 28.4. The lowest BCUT2D eigenvalue weighted by Crippen LogP contribution is -2.36. The molecule has 88 valence electrons. The van der Waals surface area contributed by atoms with E-state index in [0.717, 1.165) is 0 Å². The first-order valence-corrected chi connectivity index (χ1v) is 7.81. The maximum Gasteiger partial charge on any atom is 0.333 e. The molecule has 0 aliphatic carbocycles. The Balaban J connectivity index is 3.62. The van der Waals surface area contributed by atoms with Crippen LogP contribution in [0, 0.1) is 0 Å². The van der Waals surface area contributed by atoms with Gasteiger partial charge in [-0.25, -0.2) is 4.79 Å². The Morgan fingerprint density at radius 1 is 1.27 bits per heavy atom. The second kappa shape index (κ2) is 6.76. The van der Waals surface area contributed by atoms with E-state index in [0.29, 0.717) is 18.8 Å². The first-order valence-electron chi connectivity index (χ1n) is 4.99. The Morgan fingerprint density at radius 3 is 2.33 bits per heavy atom. The summed E-state index contributed by atoms with van der Waals surface area (Å²) in [5.74, 6) is -0.380. The zero-order valence-corrected chi connectivity index (χ0v) is 11.0.